The van der Waals surface area contributed by atoms with Crippen LogP contribution in [0.5, 0.6) is 0 Å². The number of carboxylic acids is 1. The smallest absolute Gasteiger partial charge is 0.407 e. The minimum absolute atomic E-state index is 0.0580. The van der Waals surface area contributed by atoms with Gasteiger partial charge in [-0.05, 0) is 45.1 Å². The Morgan fingerprint density at radius 1 is 1.17 bits per heavy atom. The number of hydrogen-bond acceptors (Lipinski definition) is 5. The number of halogens is 1. The third-order valence-corrected chi connectivity index (χ3v) is 7.19. The van der Waals surface area contributed by atoms with Gasteiger partial charge in [0.2, 0.25) is 0 Å². The number of aliphatic carboxylic acids is 1. The molecular formula is C22H19BrN2O4S. The quantitative estimate of drug-likeness (QED) is 0.495. The largest absolute Gasteiger partial charge is 0.481 e. The predicted octanol–water partition coefficient (Wildman–Crippen LogP) is 5.27. The van der Waals surface area contributed by atoms with E-state index >= 15 is 0 Å². The van der Waals surface area contributed by atoms with E-state index in [9.17, 15) is 14.7 Å². The van der Waals surface area contributed by atoms with Crippen LogP contribution in [-0.4, -0.2) is 28.8 Å². The molecule has 0 bridgehead atoms. The first kappa shape index (κ1) is 20.6. The van der Waals surface area contributed by atoms with E-state index < -0.39 is 18.1 Å². The van der Waals surface area contributed by atoms with Gasteiger partial charge in [0.25, 0.3) is 0 Å². The lowest BCUT2D eigenvalue weighted by Gasteiger charge is -2.17. The molecule has 1 atom stereocenters. The number of nitrogens with one attached hydrogen (secondary N) is 1. The van der Waals surface area contributed by atoms with Crippen LogP contribution in [-0.2, 0) is 9.53 Å². The van der Waals surface area contributed by atoms with Crippen LogP contribution in [0.4, 0.5) is 4.79 Å². The average molecular weight is 487 g/mol. The number of carboxylic acid groups (broad SMARTS) is 1. The average Bonchev–Trinajstić information content (AvgIpc) is 3.23. The Bertz CT molecular complexity index is 1050. The number of amides is 1. The fourth-order valence-corrected chi connectivity index (χ4v) is 5.13. The van der Waals surface area contributed by atoms with Gasteiger partial charge in [0.1, 0.15) is 11.6 Å². The lowest BCUT2D eigenvalue weighted by atomic mass is 9.98. The minimum Gasteiger partial charge on any atom is -0.481 e. The minimum atomic E-state index is -1.03. The number of benzene rings is 2. The van der Waals surface area contributed by atoms with Crippen molar-refractivity contribution < 1.29 is 19.4 Å². The van der Waals surface area contributed by atoms with E-state index in [1.54, 1.807) is 0 Å². The third-order valence-electron chi connectivity index (χ3n) is 5.07. The van der Waals surface area contributed by atoms with E-state index in [2.05, 4.69) is 38.4 Å². The molecule has 1 aromatic heterocycles. The molecule has 1 amide bonds. The SMILES string of the molecule is Cc1nc(C(CC(=O)O)NC(=O)OCC2c3ccccc3-c3ccccc32)sc1Br. The molecule has 0 saturated heterocycles. The van der Waals surface area contributed by atoms with Gasteiger partial charge in [0.05, 0.1) is 21.9 Å². The molecule has 1 heterocycles. The monoisotopic (exact) mass is 486 g/mol. The van der Waals surface area contributed by atoms with Gasteiger partial charge >= 0.3 is 12.1 Å². The van der Waals surface area contributed by atoms with Gasteiger partial charge < -0.3 is 15.2 Å². The van der Waals surface area contributed by atoms with Crippen molar-refractivity contribution in [3.63, 3.8) is 0 Å². The van der Waals surface area contributed by atoms with E-state index in [-0.39, 0.29) is 18.9 Å². The first-order valence-corrected chi connectivity index (χ1v) is 11.0. The number of carbonyl (C=O) groups is 2. The number of hydrogen-bond donors (Lipinski definition) is 2. The van der Waals surface area contributed by atoms with Crippen LogP contribution < -0.4 is 5.32 Å². The molecule has 154 valence electrons. The van der Waals surface area contributed by atoms with Crippen LogP contribution in [0.25, 0.3) is 11.1 Å². The summed E-state index contributed by atoms with van der Waals surface area (Å²) in [6, 6.07) is 15.4. The van der Waals surface area contributed by atoms with E-state index in [0.29, 0.717) is 5.01 Å². The molecule has 0 fully saturated rings. The highest BCUT2D eigenvalue weighted by Gasteiger charge is 2.30. The van der Waals surface area contributed by atoms with Crippen LogP contribution in [0.1, 0.15) is 40.2 Å². The summed E-state index contributed by atoms with van der Waals surface area (Å²) in [5, 5.41) is 12.4. The van der Waals surface area contributed by atoms with Gasteiger partial charge in [0, 0.05) is 5.92 Å². The topological polar surface area (TPSA) is 88.5 Å². The summed E-state index contributed by atoms with van der Waals surface area (Å²) < 4.78 is 6.34. The maximum atomic E-state index is 12.5. The maximum Gasteiger partial charge on any atom is 0.407 e. The number of carbonyl (C=O) groups excluding carboxylic acids is 1. The Morgan fingerprint density at radius 2 is 1.77 bits per heavy atom. The van der Waals surface area contributed by atoms with Crippen molar-refractivity contribution in [3.8, 4) is 11.1 Å². The summed E-state index contributed by atoms with van der Waals surface area (Å²) >= 11 is 4.69. The van der Waals surface area contributed by atoms with E-state index in [1.165, 1.54) is 11.3 Å². The highest BCUT2D eigenvalue weighted by Crippen LogP contribution is 2.44. The Morgan fingerprint density at radius 3 is 2.30 bits per heavy atom. The van der Waals surface area contributed by atoms with E-state index in [0.717, 1.165) is 31.7 Å². The van der Waals surface area contributed by atoms with Crippen LogP contribution in [0.3, 0.4) is 0 Å². The third kappa shape index (κ3) is 4.11. The van der Waals surface area contributed by atoms with Crippen molar-refractivity contribution in [1.29, 1.82) is 0 Å². The van der Waals surface area contributed by atoms with Crippen molar-refractivity contribution in [2.75, 3.05) is 6.61 Å². The number of rotatable bonds is 6. The molecule has 0 aliphatic heterocycles. The highest BCUT2D eigenvalue weighted by molar-refractivity contribution is 9.11. The van der Waals surface area contributed by atoms with Crippen molar-refractivity contribution in [1.82, 2.24) is 10.3 Å². The second-order valence-electron chi connectivity index (χ2n) is 7.03. The molecule has 1 aliphatic carbocycles. The molecule has 2 N–H and O–H groups in total. The molecule has 0 spiro atoms. The van der Waals surface area contributed by atoms with Gasteiger partial charge in [-0.1, -0.05) is 48.5 Å². The summed E-state index contributed by atoms with van der Waals surface area (Å²) in [6.45, 7) is 1.98. The highest BCUT2D eigenvalue weighted by atomic mass is 79.9. The second kappa shape index (κ2) is 8.57. The summed E-state index contributed by atoms with van der Waals surface area (Å²) in [5.74, 6) is -1.08. The number of thiazole rings is 1. The molecule has 30 heavy (non-hydrogen) atoms. The predicted molar refractivity (Wildman–Crippen MR) is 118 cm³/mol. The zero-order valence-corrected chi connectivity index (χ0v) is 18.5. The summed E-state index contributed by atoms with van der Waals surface area (Å²) in [4.78, 5) is 28.1. The fourth-order valence-electron chi connectivity index (χ4n) is 3.70. The Hall–Kier alpha value is -2.71. The van der Waals surface area contributed by atoms with E-state index in [1.807, 2.05) is 43.3 Å². The second-order valence-corrected chi connectivity index (χ2v) is 9.38. The number of aromatic nitrogens is 1. The molecule has 2 aromatic carbocycles. The standard InChI is InChI=1S/C22H19BrN2O4S/c1-12-20(23)30-21(24-12)18(10-19(26)27)25-22(28)29-11-17-15-8-4-2-6-13(15)14-7-3-5-9-16(14)17/h2-9,17-18H,10-11H2,1H3,(H,25,28)(H,26,27). The van der Waals surface area contributed by atoms with Gasteiger partial charge in [-0.25, -0.2) is 9.78 Å². The normalized spacial score (nSPS) is 13.4. The fraction of sp³-hybridized carbons (Fsp3) is 0.227. The zero-order chi connectivity index (χ0) is 21.3. The zero-order valence-electron chi connectivity index (χ0n) is 16.1. The van der Waals surface area contributed by atoms with Crippen LogP contribution in [0.15, 0.2) is 52.3 Å². The molecule has 8 heteroatoms. The molecule has 1 unspecified atom stereocenters. The van der Waals surface area contributed by atoms with Crippen molar-refractivity contribution in [3.05, 3.63) is 74.1 Å². The molecule has 3 aromatic rings. The van der Waals surface area contributed by atoms with Gasteiger partial charge in [-0.3, -0.25) is 4.79 Å². The van der Waals surface area contributed by atoms with Crippen LogP contribution in [0, 0.1) is 6.92 Å². The molecule has 0 saturated carbocycles. The molecule has 4 rings (SSSR count). The first-order chi connectivity index (χ1) is 14.4. The van der Waals surface area contributed by atoms with Crippen molar-refractivity contribution in [2.45, 2.75) is 25.3 Å². The summed E-state index contributed by atoms with van der Waals surface area (Å²) in [7, 11) is 0. The van der Waals surface area contributed by atoms with Crippen LogP contribution >= 0.6 is 27.3 Å². The van der Waals surface area contributed by atoms with Gasteiger partial charge in [-0.2, -0.15) is 0 Å². The Balaban J connectivity index is 1.48. The molecular weight excluding hydrogens is 468 g/mol. The van der Waals surface area contributed by atoms with Crippen molar-refractivity contribution >= 4 is 39.3 Å². The lowest BCUT2D eigenvalue weighted by Crippen LogP contribution is -2.31. The van der Waals surface area contributed by atoms with Crippen molar-refractivity contribution in [2.24, 2.45) is 0 Å². The Kier molecular flexibility index (Phi) is 5.87. The van der Waals surface area contributed by atoms with Crippen LogP contribution in [0.2, 0.25) is 0 Å². The number of aryl methyl sites for hydroxylation is 1. The number of alkyl carbamates (subject to hydrolysis) is 1. The van der Waals surface area contributed by atoms with Gasteiger partial charge in [-0.15, -0.1) is 11.3 Å². The molecule has 6 nitrogen and oxygen atoms in total. The Labute approximate surface area is 186 Å². The number of nitrogens with zero attached hydrogens (tertiary/aromatic N) is 1. The lowest BCUT2D eigenvalue weighted by molar-refractivity contribution is -0.137. The summed E-state index contributed by atoms with van der Waals surface area (Å²) in [6.07, 6.45) is -0.934. The molecule has 1 aliphatic rings. The summed E-state index contributed by atoms with van der Waals surface area (Å²) in [5.41, 5.74) is 5.28. The molecule has 0 radical (unpaired) electrons. The maximum absolute atomic E-state index is 12.5. The first-order valence-electron chi connectivity index (χ1n) is 9.40. The van der Waals surface area contributed by atoms with E-state index in [4.69, 9.17) is 4.74 Å². The number of fused-ring (bicyclic) bond motifs is 3. The number of ether oxygens (including phenoxy) is 1. The van der Waals surface area contributed by atoms with Gasteiger partial charge in [0.15, 0.2) is 0 Å².